The van der Waals surface area contributed by atoms with Crippen LogP contribution in [0, 0.1) is 5.92 Å². The smallest absolute Gasteiger partial charge is 0.242 e. The summed E-state index contributed by atoms with van der Waals surface area (Å²) in [6.07, 6.45) is 1.54. The van der Waals surface area contributed by atoms with Gasteiger partial charge in [-0.3, -0.25) is 9.59 Å². The van der Waals surface area contributed by atoms with E-state index >= 15 is 0 Å². The summed E-state index contributed by atoms with van der Waals surface area (Å²) in [5, 5.41) is 2.08. The van der Waals surface area contributed by atoms with E-state index in [1.807, 2.05) is 49.1 Å². The quantitative estimate of drug-likeness (QED) is 0.524. The molecule has 0 radical (unpaired) electrons. The number of thiophene rings is 1. The van der Waals surface area contributed by atoms with E-state index < -0.39 is 0 Å². The van der Waals surface area contributed by atoms with Crippen LogP contribution in [0.5, 0.6) is 5.75 Å². The van der Waals surface area contributed by atoms with Crippen LogP contribution in [0.15, 0.2) is 41.8 Å². The number of rotatable bonds is 10. The third-order valence-electron chi connectivity index (χ3n) is 5.47. The Kier molecular flexibility index (Phi) is 8.49. The lowest BCUT2D eigenvalue weighted by atomic mass is 10.00. The molecular formula is C24H32N2O4S. The van der Waals surface area contributed by atoms with Crippen molar-refractivity contribution in [1.29, 1.82) is 0 Å². The Hall–Kier alpha value is -2.38. The Morgan fingerprint density at radius 2 is 2.00 bits per heavy atom. The van der Waals surface area contributed by atoms with Gasteiger partial charge in [0.05, 0.1) is 12.6 Å². The second kappa shape index (κ2) is 11.3. The molecule has 0 aliphatic carbocycles. The van der Waals surface area contributed by atoms with Crippen LogP contribution in [0.1, 0.15) is 36.8 Å². The molecule has 3 rings (SSSR count). The van der Waals surface area contributed by atoms with Crippen LogP contribution in [0.2, 0.25) is 0 Å². The van der Waals surface area contributed by atoms with E-state index in [1.54, 1.807) is 23.3 Å². The van der Waals surface area contributed by atoms with Crippen molar-refractivity contribution in [3.8, 4) is 5.75 Å². The van der Waals surface area contributed by atoms with Crippen molar-refractivity contribution >= 4 is 23.2 Å². The lowest BCUT2D eigenvalue weighted by Crippen LogP contribution is -2.48. The first-order chi connectivity index (χ1) is 15.0. The van der Waals surface area contributed by atoms with Crippen LogP contribution in [0.4, 0.5) is 0 Å². The number of fused-ring (bicyclic) bond motifs is 1. The van der Waals surface area contributed by atoms with Crippen molar-refractivity contribution in [1.82, 2.24) is 9.80 Å². The second-order valence-electron chi connectivity index (χ2n) is 8.04. The summed E-state index contributed by atoms with van der Waals surface area (Å²) >= 11 is 1.73. The second-order valence-corrected chi connectivity index (χ2v) is 9.04. The van der Waals surface area contributed by atoms with Gasteiger partial charge < -0.3 is 19.3 Å². The van der Waals surface area contributed by atoms with E-state index in [-0.39, 0.29) is 30.3 Å². The molecule has 0 bridgehead atoms. The fourth-order valence-electron chi connectivity index (χ4n) is 3.85. The molecule has 6 nitrogen and oxygen atoms in total. The summed E-state index contributed by atoms with van der Waals surface area (Å²) in [5.74, 6) is 0.588. The fourth-order valence-corrected chi connectivity index (χ4v) is 4.78. The van der Waals surface area contributed by atoms with Crippen molar-refractivity contribution < 1.29 is 19.1 Å². The Morgan fingerprint density at radius 3 is 2.71 bits per heavy atom. The molecule has 2 aromatic rings. The molecule has 2 heterocycles. The number of ether oxygens (including phenoxy) is 2. The largest absolute Gasteiger partial charge is 0.491 e. The first-order valence-electron chi connectivity index (χ1n) is 10.8. The van der Waals surface area contributed by atoms with Crippen molar-refractivity contribution in [2.24, 2.45) is 5.92 Å². The van der Waals surface area contributed by atoms with Crippen LogP contribution in [0.25, 0.3) is 0 Å². The summed E-state index contributed by atoms with van der Waals surface area (Å²) < 4.78 is 11.2. The molecule has 1 atom stereocenters. The molecule has 0 saturated carbocycles. The molecule has 0 spiro atoms. The maximum absolute atomic E-state index is 13.4. The third kappa shape index (κ3) is 6.08. The molecule has 1 aromatic heterocycles. The third-order valence-corrected chi connectivity index (χ3v) is 6.47. The highest BCUT2D eigenvalue weighted by Crippen LogP contribution is 2.34. The molecule has 7 heteroatoms. The minimum absolute atomic E-state index is 0.00484. The molecule has 0 fully saturated rings. The summed E-state index contributed by atoms with van der Waals surface area (Å²) in [6.45, 7) is 5.92. The van der Waals surface area contributed by atoms with Gasteiger partial charge in [0.1, 0.15) is 12.4 Å². The van der Waals surface area contributed by atoms with Crippen LogP contribution in [0.3, 0.4) is 0 Å². The predicted octanol–water partition coefficient (Wildman–Crippen LogP) is 3.77. The Morgan fingerprint density at radius 1 is 1.23 bits per heavy atom. The van der Waals surface area contributed by atoms with Gasteiger partial charge in [-0.1, -0.05) is 32.0 Å². The monoisotopic (exact) mass is 444 g/mol. The van der Waals surface area contributed by atoms with Gasteiger partial charge in [-0.15, -0.1) is 11.3 Å². The number of nitrogens with zero attached hydrogens (tertiary/aromatic N) is 2. The molecule has 1 aromatic carbocycles. The lowest BCUT2D eigenvalue weighted by Gasteiger charge is -2.37. The summed E-state index contributed by atoms with van der Waals surface area (Å²) in [7, 11) is 1.64. The van der Waals surface area contributed by atoms with Gasteiger partial charge in [0.25, 0.3) is 0 Å². The van der Waals surface area contributed by atoms with Crippen molar-refractivity contribution in [3.63, 3.8) is 0 Å². The summed E-state index contributed by atoms with van der Waals surface area (Å²) in [6, 6.07) is 11.6. The molecular weight excluding hydrogens is 412 g/mol. The molecule has 31 heavy (non-hydrogen) atoms. The fraction of sp³-hybridized carbons (Fsp3) is 0.500. The summed E-state index contributed by atoms with van der Waals surface area (Å²) in [5.41, 5.74) is 1.15. The van der Waals surface area contributed by atoms with E-state index in [4.69, 9.17) is 9.47 Å². The van der Waals surface area contributed by atoms with E-state index in [1.165, 1.54) is 4.88 Å². The standard InChI is InChI=1S/C24H32N2O4S/c1-18(2)24(28)25(12-7-14-29-3)16-23(27)26-13-10-22-20(11-15-31-22)21(26)17-30-19-8-5-4-6-9-19/h4-6,8-9,11,15,18,21H,7,10,12-14,16-17H2,1-3H3/t21-/m0/s1. The van der Waals surface area contributed by atoms with Crippen LogP contribution in [-0.2, 0) is 20.7 Å². The average Bonchev–Trinajstić information content (AvgIpc) is 3.26. The van der Waals surface area contributed by atoms with Gasteiger partial charge in [0.2, 0.25) is 11.8 Å². The first-order valence-corrected chi connectivity index (χ1v) is 11.7. The summed E-state index contributed by atoms with van der Waals surface area (Å²) in [4.78, 5) is 30.9. The molecule has 0 saturated heterocycles. The highest BCUT2D eigenvalue weighted by Gasteiger charge is 2.33. The first kappa shape index (κ1) is 23.3. The van der Waals surface area contributed by atoms with Crippen LogP contribution in [-0.4, -0.2) is 61.6 Å². The zero-order valence-corrected chi connectivity index (χ0v) is 19.4. The topological polar surface area (TPSA) is 59.1 Å². The Labute approximate surface area is 188 Å². The van der Waals surface area contributed by atoms with E-state index in [0.29, 0.717) is 32.7 Å². The number of para-hydroxylation sites is 1. The zero-order chi connectivity index (χ0) is 22.2. The molecule has 1 aliphatic rings. The van der Waals surface area contributed by atoms with Crippen LogP contribution >= 0.6 is 11.3 Å². The number of hydrogen-bond donors (Lipinski definition) is 0. The molecule has 2 amide bonds. The number of amides is 2. The number of benzene rings is 1. The average molecular weight is 445 g/mol. The van der Waals surface area contributed by atoms with Gasteiger partial charge >= 0.3 is 0 Å². The van der Waals surface area contributed by atoms with Gasteiger partial charge in [-0.25, -0.2) is 0 Å². The Balaban J connectivity index is 1.73. The van der Waals surface area contributed by atoms with Crippen LogP contribution < -0.4 is 4.74 Å². The van der Waals surface area contributed by atoms with Gasteiger partial charge in [0.15, 0.2) is 0 Å². The SMILES string of the molecule is COCCCN(CC(=O)N1CCc2sccc2[C@@H]1COc1ccccc1)C(=O)C(C)C. The van der Waals surface area contributed by atoms with E-state index in [2.05, 4.69) is 11.4 Å². The lowest BCUT2D eigenvalue weighted by molar-refractivity contribution is -0.144. The number of methoxy groups -OCH3 is 1. The predicted molar refractivity (Wildman–Crippen MR) is 122 cm³/mol. The maximum atomic E-state index is 13.4. The molecule has 1 aliphatic heterocycles. The highest BCUT2D eigenvalue weighted by atomic mass is 32.1. The van der Waals surface area contributed by atoms with Gasteiger partial charge in [0, 0.05) is 37.6 Å². The van der Waals surface area contributed by atoms with Crippen molar-refractivity contribution in [3.05, 3.63) is 52.2 Å². The zero-order valence-electron chi connectivity index (χ0n) is 18.6. The van der Waals surface area contributed by atoms with E-state index in [9.17, 15) is 9.59 Å². The highest BCUT2D eigenvalue weighted by molar-refractivity contribution is 7.10. The molecule has 0 N–H and O–H groups in total. The minimum atomic E-state index is -0.155. The van der Waals surface area contributed by atoms with Crippen molar-refractivity contribution in [2.75, 3.05) is 40.0 Å². The number of hydrogen-bond acceptors (Lipinski definition) is 5. The Bertz CT molecular complexity index is 852. The maximum Gasteiger partial charge on any atom is 0.242 e. The van der Waals surface area contributed by atoms with Crippen molar-refractivity contribution in [2.45, 2.75) is 32.7 Å². The number of carbonyl (C=O) groups excluding carboxylic acids is 2. The van der Waals surface area contributed by atoms with E-state index in [0.717, 1.165) is 17.7 Å². The molecule has 168 valence electrons. The number of carbonyl (C=O) groups is 2. The molecule has 0 unspecified atom stereocenters. The van der Waals surface area contributed by atoms with Gasteiger partial charge in [-0.05, 0) is 42.0 Å². The van der Waals surface area contributed by atoms with Gasteiger partial charge in [-0.2, -0.15) is 0 Å². The normalized spacial score (nSPS) is 15.6. The minimum Gasteiger partial charge on any atom is -0.491 e.